The molecule has 1 atom stereocenters. The van der Waals surface area contributed by atoms with E-state index in [2.05, 4.69) is 5.32 Å². The number of rotatable bonds is 6. The number of anilines is 1. The molecule has 25 heavy (non-hydrogen) atoms. The highest BCUT2D eigenvalue weighted by molar-refractivity contribution is 6.32. The van der Waals surface area contributed by atoms with E-state index in [0.29, 0.717) is 11.3 Å². The second-order valence-electron chi connectivity index (χ2n) is 5.06. The molecule has 0 unspecified atom stereocenters. The quantitative estimate of drug-likeness (QED) is 0.603. The lowest BCUT2D eigenvalue weighted by Crippen LogP contribution is -2.30. The van der Waals surface area contributed by atoms with E-state index >= 15 is 0 Å². The van der Waals surface area contributed by atoms with Crippen LogP contribution in [0.3, 0.4) is 0 Å². The van der Waals surface area contributed by atoms with Crippen LogP contribution in [0.1, 0.15) is 17.3 Å². The number of carbonyl (C=O) groups is 2. The first kappa shape index (κ1) is 18.2. The van der Waals surface area contributed by atoms with E-state index in [1.54, 1.807) is 0 Å². The molecular formula is C16H14ClN3O5. The van der Waals surface area contributed by atoms with Crippen molar-refractivity contribution in [2.24, 2.45) is 5.73 Å². The number of hydrogen-bond donors (Lipinski definition) is 2. The summed E-state index contributed by atoms with van der Waals surface area (Å²) in [6, 6.07) is 9.73. The second kappa shape index (κ2) is 7.63. The number of halogens is 1. The van der Waals surface area contributed by atoms with E-state index in [0.717, 1.165) is 6.07 Å². The number of primary amides is 1. The minimum absolute atomic E-state index is 0.0275. The Morgan fingerprint density at radius 2 is 1.88 bits per heavy atom. The molecule has 2 aromatic carbocycles. The van der Waals surface area contributed by atoms with Crippen molar-refractivity contribution in [3.05, 3.63) is 63.2 Å². The zero-order chi connectivity index (χ0) is 18.6. The molecule has 0 spiro atoms. The largest absolute Gasteiger partial charge is 0.479 e. The van der Waals surface area contributed by atoms with Crippen LogP contribution >= 0.6 is 11.6 Å². The first-order valence-corrected chi connectivity index (χ1v) is 7.47. The highest BCUT2D eigenvalue weighted by Gasteiger charge is 2.18. The maximum atomic E-state index is 12.1. The van der Waals surface area contributed by atoms with Gasteiger partial charge in [0.25, 0.3) is 11.6 Å². The van der Waals surface area contributed by atoms with Gasteiger partial charge in [0.15, 0.2) is 6.10 Å². The summed E-state index contributed by atoms with van der Waals surface area (Å²) in [4.78, 5) is 33.2. The molecule has 2 amide bonds. The number of ether oxygens (including phenoxy) is 1. The molecule has 130 valence electrons. The number of non-ortho nitro benzene ring substituents is 1. The zero-order valence-corrected chi connectivity index (χ0v) is 13.8. The number of nitro benzene ring substituents is 1. The Morgan fingerprint density at radius 1 is 1.24 bits per heavy atom. The number of nitrogens with one attached hydrogen (secondary N) is 1. The molecule has 3 N–H and O–H groups in total. The number of nitrogens with zero attached hydrogens (tertiary/aromatic N) is 1. The molecule has 0 aliphatic rings. The van der Waals surface area contributed by atoms with Gasteiger partial charge in [-0.1, -0.05) is 11.6 Å². The van der Waals surface area contributed by atoms with E-state index in [1.165, 1.54) is 43.3 Å². The normalized spacial score (nSPS) is 11.4. The third-order valence-corrected chi connectivity index (χ3v) is 3.53. The average Bonchev–Trinajstić information content (AvgIpc) is 2.56. The molecule has 0 radical (unpaired) electrons. The van der Waals surface area contributed by atoms with Crippen molar-refractivity contribution in [2.75, 3.05) is 5.32 Å². The van der Waals surface area contributed by atoms with Gasteiger partial charge in [-0.25, -0.2) is 0 Å². The summed E-state index contributed by atoms with van der Waals surface area (Å²) >= 11 is 5.92. The van der Waals surface area contributed by atoms with E-state index in [9.17, 15) is 19.7 Å². The minimum atomic E-state index is -0.908. The maximum absolute atomic E-state index is 12.1. The lowest BCUT2D eigenvalue weighted by atomic mass is 10.2. The van der Waals surface area contributed by atoms with Crippen LogP contribution in [0, 0.1) is 10.1 Å². The summed E-state index contributed by atoms with van der Waals surface area (Å²) < 4.78 is 5.44. The molecule has 0 aliphatic carbocycles. The summed E-state index contributed by atoms with van der Waals surface area (Å²) in [6.45, 7) is 1.50. The molecule has 0 aromatic heterocycles. The molecule has 8 nitrogen and oxygen atoms in total. The Bertz CT molecular complexity index is 823. The van der Waals surface area contributed by atoms with Crippen LogP contribution in [0.15, 0.2) is 42.5 Å². The minimum Gasteiger partial charge on any atom is -0.479 e. The monoisotopic (exact) mass is 363 g/mol. The van der Waals surface area contributed by atoms with Crippen LogP contribution in [-0.2, 0) is 4.79 Å². The predicted molar refractivity (Wildman–Crippen MR) is 91.8 cm³/mol. The highest BCUT2D eigenvalue weighted by Crippen LogP contribution is 2.29. The fraction of sp³-hybridized carbons (Fsp3) is 0.125. The van der Waals surface area contributed by atoms with Crippen LogP contribution < -0.4 is 15.8 Å². The molecule has 0 heterocycles. The third kappa shape index (κ3) is 4.67. The fourth-order valence-electron chi connectivity index (χ4n) is 1.90. The van der Waals surface area contributed by atoms with Gasteiger partial charge >= 0.3 is 0 Å². The molecule has 2 rings (SSSR count). The van der Waals surface area contributed by atoms with Gasteiger partial charge in [-0.15, -0.1) is 0 Å². The summed E-state index contributed by atoms with van der Waals surface area (Å²) in [6.07, 6.45) is -0.908. The van der Waals surface area contributed by atoms with Gasteiger partial charge in [0.2, 0.25) is 5.91 Å². The van der Waals surface area contributed by atoms with Crippen LogP contribution in [0.5, 0.6) is 5.75 Å². The molecule has 0 saturated carbocycles. The van der Waals surface area contributed by atoms with Crippen molar-refractivity contribution in [2.45, 2.75) is 13.0 Å². The van der Waals surface area contributed by atoms with Gasteiger partial charge in [-0.3, -0.25) is 19.7 Å². The van der Waals surface area contributed by atoms with Crippen molar-refractivity contribution in [1.82, 2.24) is 0 Å². The molecule has 9 heteroatoms. The van der Waals surface area contributed by atoms with Gasteiger partial charge < -0.3 is 15.8 Å². The van der Waals surface area contributed by atoms with Gasteiger partial charge in [0, 0.05) is 23.4 Å². The molecule has 0 bridgehead atoms. The van der Waals surface area contributed by atoms with E-state index in [-0.39, 0.29) is 16.5 Å². The van der Waals surface area contributed by atoms with E-state index in [1.807, 2.05) is 0 Å². The van der Waals surface area contributed by atoms with Crippen molar-refractivity contribution >= 4 is 34.8 Å². The second-order valence-corrected chi connectivity index (χ2v) is 5.47. The lowest BCUT2D eigenvalue weighted by Gasteiger charge is -2.15. The fourth-order valence-corrected chi connectivity index (χ4v) is 2.12. The van der Waals surface area contributed by atoms with Gasteiger partial charge in [-0.05, 0) is 37.3 Å². The van der Waals surface area contributed by atoms with Gasteiger partial charge in [-0.2, -0.15) is 0 Å². The summed E-state index contributed by atoms with van der Waals surface area (Å²) in [5, 5.41) is 13.3. The third-order valence-electron chi connectivity index (χ3n) is 3.24. The van der Waals surface area contributed by atoms with Gasteiger partial charge in [0.05, 0.1) is 9.95 Å². The summed E-state index contributed by atoms with van der Waals surface area (Å²) in [7, 11) is 0. The number of hydrogen-bond acceptors (Lipinski definition) is 5. The highest BCUT2D eigenvalue weighted by atomic mass is 35.5. The number of benzene rings is 2. The average molecular weight is 364 g/mol. The molecule has 0 saturated heterocycles. The summed E-state index contributed by atoms with van der Waals surface area (Å²) in [5.74, 6) is -0.873. The van der Waals surface area contributed by atoms with Crippen molar-refractivity contribution < 1.29 is 19.2 Å². The van der Waals surface area contributed by atoms with Crippen LogP contribution in [0.2, 0.25) is 5.02 Å². The molecule has 0 aliphatic heterocycles. The number of carbonyl (C=O) groups excluding carboxylic acids is 2. The Balaban J connectivity index is 2.02. The number of amides is 2. The zero-order valence-electron chi connectivity index (χ0n) is 13.1. The number of nitro groups is 1. The van der Waals surface area contributed by atoms with Crippen LogP contribution in [-0.4, -0.2) is 22.8 Å². The first-order valence-electron chi connectivity index (χ1n) is 7.09. The first-order chi connectivity index (χ1) is 11.8. The van der Waals surface area contributed by atoms with Crippen LogP contribution in [0.25, 0.3) is 0 Å². The molecular weight excluding hydrogens is 350 g/mol. The lowest BCUT2D eigenvalue weighted by molar-refractivity contribution is -0.384. The smallest absolute Gasteiger partial charge is 0.271 e. The Kier molecular flexibility index (Phi) is 5.56. The van der Waals surface area contributed by atoms with Crippen molar-refractivity contribution in [3.8, 4) is 5.75 Å². The summed E-state index contributed by atoms with van der Waals surface area (Å²) in [5.41, 5.74) is 5.74. The standard InChI is InChI=1S/C16H14ClN3O5/c1-9(25-14-7-6-12(20(23)24)8-13(14)17)16(22)19-11-4-2-10(3-5-11)15(18)21/h2-9H,1H3,(H2,18,21)(H,19,22)/t9-/m0/s1. The van der Waals surface area contributed by atoms with E-state index < -0.39 is 22.8 Å². The SMILES string of the molecule is C[C@H](Oc1ccc([N+](=O)[O-])cc1Cl)C(=O)Nc1ccc(C(N)=O)cc1. The molecule has 0 fully saturated rings. The topological polar surface area (TPSA) is 125 Å². The van der Waals surface area contributed by atoms with Crippen molar-refractivity contribution in [3.63, 3.8) is 0 Å². The van der Waals surface area contributed by atoms with Gasteiger partial charge in [0.1, 0.15) is 5.75 Å². The Morgan fingerprint density at radius 3 is 2.40 bits per heavy atom. The van der Waals surface area contributed by atoms with Crippen LogP contribution in [0.4, 0.5) is 11.4 Å². The number of nitrogens with two attached hydrogens (primary N) is 1. The Labute approximate surface area is 147 Å². The predicted octanol–water partition coefficient (Wildman–Crippen LogP) is 2.75. The van der Waals surface area contributed by atoms with Crippen molar-refractivity contribution in [1.29, 1.82) is 0 Å². The maximum Gasteiger partial charge on any atom is 0.271 e. The molecule has 2 aromatic rings. The Hall–Kier alpha value is -3.13. The van der Waals surface area contributed by atoms with E-state index in [4.69, 9.17) is 22.1 Å².